The molecule has 0 spiro atoms. The Morgan fingerprint density at radius 1 is 1.73 bits per heavy atom. The summed E-state index contributed by atoms with van der Waals surface area (Å²) in [5.41, 5.74) is 5.29. The number of pyridine rings is 1. The van der Waals surface area contributed by atoms with E-state index in [1.54, 1.807) is 0 Å². The summed E-state index contributed by atoms with van der Waals surface area (Å²) in [4.78, 5) is 14.9. The van der Waals surface area contributed by atoms with Gasteiger partial charge in [-0.2, -0.15) is 4.39 Å². The summed E-state index contributed by atoms with van der Waals surface area (Å²) in [6.07, 6.45) is -0.755. The number of hydrogen-bond donors (Lipinski definition) is 2. The first kappa shape index (κ1) is 11.5. The second-order valence-corrected chi connectivity index (χ2v) is 2.79. The lowest BCUT2D eigenvalue weighted by Crippen LogP contribution is -2.36. The van der Waals surface area contributed by atoms with Crippen molar-refractivity contribution in [2.75, 3.05) is 19.0 Å². The van der Waals surface area contributed by atoms with Crippen molar-refractivity contribution in [2.45, 2.75) is 6.10 Å². The summed E-state index contributed by atoms with van der Waals surface area (Å²) >= 11 is 0. The van der Waals surface area contributed by atoms with Gasteiger partial charge < -0.3 is 15.8 Å². The zero-order chi connectivity index (χ0) is 11.3. The Balaban J connectivity index is 2.65. The van der Waals surface area contributed by atoms with Crippen LogP contribution < -0.4 is 11.1 Å². The molecule has 1 amide bonds. The maximum Gasteiger partial charge on any atom is 0.255 e. The Morgan fingerprint density at radius 3 is 3.00 bits per heavy atom. The van der Waals surface area contributed by atoms with E-state index in [1.165, 1.54) is 25.3 Å². The summed E-state index contributed by atoms with van der Waals surface area (Å²) in [6.45, 7) is 0.0532. The number of ether oxygens (including phenoxy) is 1. The van der Waals surface area contributed by atoms with E-state index >= 15 is 0 Å². The quantitative estimate of drug-likeness (QED) is 0.697. The minimum Gasteiger partial charge on any atom is -0.370 e. The van der Waals surface area contributed by atoms with Gasteiger partial charge in [0.1, 0.15) is 11.9 Å². The fraction of sp³-hybridized carbons (Fsp3) is 0.333. The number of methoxy groups -OCH3 is 1. The summed E-state index contributed by atoms with van der Waals surface area (Å²) in [7, 11) is 1.37. The van der Waals surface area contributed by atoms with Crippen LogP contribution in [0, 0.1) is 5.95 Å². The molecule has 0 radical (unpaired) electrons. The molecule has 1 atom stereocenters. The molecule has 82 valence electrons. The third kappa shape index (κ3) is 3.26. The predicted molar refractivity (Wildman–Crippen MR) is 52.7 cm³/mol. The van der Waals surface area contributed by atoms with E-state index in [-0.39, 0.29) is 12.4 Å². The number of carbonyl (C=O) groups is 1. The third-order valence-corrected chi connectivity index (χ3v) is 1.76. The topological polar surface area (TPSA) is 77.2 Å². The molecule has 0 saturated carbocycles. The van der Waals surface area contributed by atoms with Gasteiger partial charge in [0.2, 0.25) is 5.95 Å². The molecule has 6 heteroatoms. The van der Waals surface area contributed by atoms with Gasteiger partial charge in [0, 0.05) is 13.7 Å². The largest absolute Gasteiger partial charge is 0.370 e. The number of nitrogens with one attached hydrogen (secondary N) is 1. The first-order valence-corrected chi connectivity index (χ1v) is 4.33. The first-order chi connectivity index (χ1) is 7.17. The number of carbonyl (C=O) groups excluding carboxylic acids is 1. The first-order valence-electron chi connectivity index (χ1n) is 4.33. The summed E-state index contributed by atoms with van der Waals surface area (Å²) < 4.78 is 17.5. The molecule has 1 aromatic heterocycles. The highest BCUT2D eigenvalue weighted by molar-refractivity contribution is 5.93. The number of amides is 1. The molecule has 0 aliphatic heterocycles. The lowest BCUT2D eigenvalue weighted by atomic mass is 10.3. The van der Waals surface area contributed by atoms with Gasteiger partial charge in [0.25, 0.3) is 5.91 Å². The highest BCUT2D eigenvalue weighted by Gasteiger charge is 2.16. The van der Waals surface area contributed by atoms with Crippen LogP contribution in [-0.4, -0.2) is 30.6 Å². The monoisotopic (exact) mass is 213 g/mol. The van der Waals surface area contributed by atoms with Crippen LogP contribution in [0.5, 0.6) is 0 Å². The van der Waals surface area contributed by atoms with Gasteiger partial charge >= 0.3 is 0 Å². The van der Waals surface area contributed by atoms with E-state index in [1.807, 2.05) is 0 Å². The van der Waals surface area contributed by atoms with Crippen molar-refractivity contribution in [3.05, 3.63) is 24.1 Å². The second-order valence-electron chi connectivity index (χ2n) is 2.79. The van der Waals surface area contributed by atoms with Crippen molar-refractivity contribution < 1.29 is 13.9 Å². The fourth-order valence-electron chi connectivity index (χ4n) is 0.995. The number of hydrogen-bond acceptors (Lipinski definition) is 4. The Hall–Kier alpha value is -1.53. The summed E-state index contributed by atoms with van der Waals surface area (Å²) in [6, 6.07) is 4.11. The molecule has 0 bridgehead atoms. The molecule has 1 heterocycles. The Kier molecular flexibility index (Phi) is 4.14. The molecule has 15 heavy (non-hydrogen) atoms. The van der Waals surface area contributed by atoms with Gasteiger partial charge in [0.15, 0.2) is 0 Å². The number of aromatic nitrogens is 1. The van der Waals surface area contributed by atoms with Crippen molar-refractivity contribution in [1.82, 2.24) is 4.98 Å². The van der Waals surface area contributed by atoms with Gasteiger partial charge in [0.05, 0.1) is 0 Å². The predicted octanol–water partition coefficient (Wildman–Crippen LogP) is 0.133. The Labute approximate surface area is 86.4 Å². The molecule has 1 aromatic rings. The molecule has 3 N–H and O–H groups in total. The normalized spacial score (nSPS) is 12.2. The molecule has 5 nitrogen and oxygen atoms in total. The van der Waals surface area contributed by atoms with Crippen LogP contribution in [0.3, 0.4) is 0 Å². The summed E-state index contributed by atoms with van der Waals surface area (Å²) in [5, 5.41) is 2.39. The van der Waals surface area contributed by atoms with Crippen molar-refractivity contribution in [3.63, 3.8) is 0 Å². The van der Waals surface area contributed by atoms with E-state index in [2.05, 4.69) is 10.3 Å². The van der Waals surface area contributed by atoms with E-state index < -0.39 is 18.0 Å². The average molecular weight is 213 g/mol. The molecular formula is C9H12FN3O2. The molecule has 0 aromatic carbocycles. The smallest absolute Gasteiger partial charge is 0.255 e. The number of anilines is 1. The van der Waals surface area contributed by atoms with Crippen molar-refractivity contribution in [3.8, 4) is 0 Å². The molecule has 0 aliphatic carbocycles. The van der Waals surface area contributed by atoms with Crippen LogP contribution in [0.2, 0.25) is 0 Å². The maximum absolute atomic E-state index is 12.7. The van der Waals surface area contributed by atoms with Gasteiger partial charge in [-0.15, -0.1) is 0 Å². The minimum atomic E-state index is -0.755. The van der Waals surface area contributed by atoms with Crippen molar-refractivity contribution in [2.24, 2.45) is 5.73 Å². The van der Waals surface area contributed by atoms with E-state index in [0.29, 0.717) is 0 Å². The number of nitrogens with zero attached hydrogens (tertiary/aromatic N) is 1. The molecular weight excluding hydrogens is 201 g/mol. The Bertz CT molecular complexity index is 342. The molecule has 1 rings (SSSR count). The molecule has 0 aliphatic rings. The lowest BCUT2D eigenvalue weighted by Gasteiger charge is -2.12. The van der Waals surface area contributed by atoms with Crippen molar-refractivity contribution >= 4 is 11.7 Å². The van der Waals surface area contributed by atoms with Crippen LogP contribution in [0.1, 0.15) is 0 Å². The van der Waals surface area contributed by atoms with Gasteiger partial charge in [-0.05, 0) is 12.1 Å². The van der Waals surface area contributed by atoms with E-state index in [0.717, 1.165) is 0 Å². The van der Waals surface area contributed by atoms with E-state index in [9.17, 15) is 9.18 Å². The van der Waals surface area contributed by atoms with Crippen LogP contribution in [0.25, 0.3) is 0 Å². The highest BCUT2D eigenvalue weighted by Crippen LogP contribution is 2.04. The zero-order valence-electron chi connectivity index (χ0n) is 8.24. The average Bonchev–Trinajstić information content (AvgIpc) is 2.19. The number of halogens is 1. The summed E-state index contributed by atoms with van der Waals surface area (Å²) in [5.74, 6) is -0.969. The minimum absolute atomic E-state index is 0.0532. The molecule has 0 fully saturated rings. The van der Waals surface area contributed by atoms with Crippen molar-refractivity contribution in [1.29, 1.82) is 0 Å². The van der Waals surface area contributed by atoms with Gasteiger partial charge in [-0.3, -0.25) is 4.79 Å². The Morgan fingerprint density at radius 2 is 2.47 bits per heavy atom. The fourth-order valence-corrected chi connectivity index (χ4v) is 0.995. The SMILES string of the molecule is COC(CN)C(=O)Nc1cccc(F)n1. The van der Waals surface area contributed by atoms with E-state index in [4.69, 9.17) is 10.5 Å². The third-order valence-electron chi connectivity index (χ3n) is 1.76. The van der Waals surface area contributed by atoms with Crippen LogP contribution in [-0.2, 0) is 9.53 Å². The van der Waals surface area contributed by atoms with Crippen LogP contribution >= 0.6 is 0 Å². The van der Waals surface area contributed by atoms with Crippen LogP contribution in [0.15, 0.2) is 18.2 Å². The standard InChI is InChI=1S/C9H12FN3O2/c1-15-6(5-11)9(14)13-8-4-2-3-7(10)12-8/h2-4,6H,5,11H2,1H3,(H,12,13,14). The number of rotatable bonds is 4. The lowest BCUT2D eigenvalue weighted by molar-refractivity contribution is -0.125. The maximum atomic E-state index is 12.7. The molecule has 0 saturated heterocycles. The van der Waals surface area contributed by atoms with Gasteiger partial charge in [-0.1, -0.05) is 6.07 Å². The van der Waals surface area contributed by atoms with Gasteiger partial charge in [-0.25, -0.2) is 4.98 Å². The zero-order valence-corrected chi connectivity index (χ0v) is 8.24. The molecule has 1 unspecified atom stereocenters. The number of nitrogens with two attached hydrogens (primary N) is 1. The second kappa shape index (κ2) is 5.38. The highest BCUT2D eigenvalue weighted by atomic mass is 19.1. The van der Waals surface area contributed by atoms with Crippen LogP contribution in [0.4, 0.5) is 10.2 Å².